The quantitative estimate of drug-likeness (QED) is 0.681. The third-order valence-corrected chi connectivity index (χ3v) is 2.55. The molecular weight excluding hydrogens is 336 g/mol. The molecule has 0 aliphatic rings. The maximum absolute atomic E-state index is 10.1. The summed E-state index contributed by atoms with van der Waals surface area (Å²) in [5, 5.41) is 10.1. The average molecular weight is 350 g/mol. The van der Waals surface area contributed by atoms with E-state index in [0.717, 1.165) is 16.9 Å². The monoisotopic (exact) mass is 350 g/mol. The first kappa shape index (κ1) is 25.9. The second-order valence-electron chi connectivity index (χ2n) is 3.59. The Balaban J connectivity index is -0.000000514. The fourth-order valence-corrected chi connectivity index (χ4v) is 1.61. The van der Waals surface area contributed by atoms with Gasteiger partial charge in [0.1, 0.15) is 11.9 Å². The summed E-state index contributed by atoms with van der Waals surface area (Å²) >= 11 is 0. The van der Waals surface area contributed by atoms with Crippen LogP contribution in [0.2, 0.25) is 0 Å². The van der Waals surface area contributed by atoms with E-state index in [-0.39, 0.29) is 17.4 Å². The van der Waals surface area contributed by atoms with Gasteiger partial charge in [0, 0.05) is 17.4 Å². The van der Waals surface area contributed by atoms with E-state index < -0.39 is 6.10 Å². The number of benzene rings is 2. The molecule has 5 nitrogen and oxygen atoms in total. The minimum Gasteiger partial charge on any atom is 0 e. The summed E-state index contributed by atoms with van der Waals surface area (Å²) in [5.74, 6) is 0.795. The zero-order valence-electron chi connectivity index (χ0n) is 12.3. The summed E-state index contributed by atoms with van der Waals surface area (Å²) in [5.41, 5.74) is 1.76. The topological polar surface area (TPSA) is 89.2 Å². The Bertz CT molecular complexity index is 547. The molecule has 1 N–H and O–H groups in total. The zero-order valence-corrected chi connectivity index (χ0v) is 13.5. The fourth-order valence-electron chi connectivity index (χ4n) is 1.61. The minimum absolute atomic E-state index is 0. The Labute approximate surface area is 146 Å². The largest absolute Gasteiger partial charge is 0 e. The third kappa shape index (κ3) is 9.55. The van der Waals surface area contributed by atoms with E-state index in [1.165, 1.54) is 0 Å². The number of rotatable bonds is 3. The van der Waals surface area contributed by atoms with Crippen LogP contribution in [0.15, 0.2) is 54.6 Å². The molecule has 0 aromatic heterocycles. The zero-order chi connectivity index (χ0) is 17.4. The molecule has 0 saturated carbocycles. The van der Waals surface area contributed by atoms with Crippen LogP contribution < -0.4 is 4.74 Å². The third-order valence-electron chi connectivity index (χ3n) is 2.55. The number of methoxy groups -OCH3 is 1. The van der Waals surface area contributed by atoms with Crippen molar-refractivity contribution in [2.45, 2.75) is 6.10 Å². The molecule has 118 valence electrons. The van der Waals surface area contributed by atoms with Crippen molar-refractivity contribution < 1.29 is 41.2 Å². The first-order valence-electron chi connectivity index (χ1n) is 5.79. The first-order valence-corrected chi connectivity index (χ1v) is 5.79. The second-order valence-corrected chi connectivity index (χ2v) is 3.59. The van der Waals surface area contributed by atoms with Crippen LogP contribution in [-0.4, -0.2) is 12.2 Å². The number of hydrogen-bond donors (Lipinski definition) is 1. The summed E-state index contributed by atoms with van der Waals surface area (Å²) < 4.78 is 27.6. The van der Waals surface area contributed by atoms with Crippen molar-refractivity contribution in [1.29, 1.82) is 0 Å². The van der Waals surface area contributed by atoms with Crippen molar-refractivity contribution >= 4 is 0 Å². The smallest absolute Gasteiger partial charge is 0 e. The van der Waals surface area contributed by atoms with Crippen LogP contribution in [0.5, 0.6) is 5.75 Å². The normalized spacial score (nSPS) is 8.70. The maximum Gasteiger partial charge on any atom is 0 e. The molecule has 1 atom stereocenters. The van der Waals surface area contributed by atoms with Gasteiger partial charge in [-0.25, -0.2) is 0 Å². The molecule has 0 radical (unpaired) electrons. The van der Waals surface area contributed by atoms with Gasteiger partial charge in [0.25, 0.3) is 0 Å². The van der Waals surface area contributed by atoms with Crippen LogP contribution in [0.4, 0.5) is 0 Å². The van der Waals surface area contributed by atoms with Gasteiger partial charge in [-0.15, -0.1) is 0 Å². The van der Waals surface area contributed by atoms with Crippen LogP contribution in [0.3, 0.4) is 0 Å². The summed E-state index contributed by atoms with van der Waals surface area (Å²) in [6, 6.07) is 17.0. The fraction of sp³-hybridized carbons (Fsp3) is 0.118. The molecule has 23 heavy (non-hydrogen) atoms. The van der Waals surface area contributed by atoms with Crippen LogP contribution in [-0.2, 0) is 31.3 Å². The van der Waals surface area contributed by atoms with Crippen molar-refractivity contribution in [2.24, 2.45) is 0 Å². The second kappa shape index (κ2) is 18.0. The van der Waals surface area contributed by atoms with Crippen molar-refractivity contribution in [1.82, 2.24) is 0 Å². The standard InChI is InChI=1S/C14H14O2.3CO.Cr/c1-16-13-9-7-12(8-10-13)14(15)11-5-3-2-4-6-11;3*1-2;/h2-10,14-15H,1H3;;;;/t14-;;;;/m0..../s1. The van der Waals surface area contributed by atoms with Gasteiger partial charge >= 0.3 is 33.9 Å². The number of hydrogen-bond acceptors (Lipinski definition) is 2. The van der Waals surface area contributed by atoms with Gasteiger partial charge in [0.2, 0.25) is 0 Å². The molecule has 0 amide bonds. The Morgan fingerprint density at radius 3 is 1.57 bits per heavy atom. The van der Waals surface area contributed by atoms with E-state index in [1.54, 1.807) is 7.11 Å². The van der Waals surface area contributed by atoms with Crippen molar-refractivity contribution in [3.63, 3.8) is 0 Å². The van der Waals surface area contributed by atoms with Crippen LogP contribution in [0.25, 0.3) is 0 Å². The van der Waals surface area contributed by atoms with E-state index >= 15 is 0 Å². The minimum atomic E-state index is -0.577. The molecule has 6 heteroatoms. The first-order chi connectivity index (χ1) is 10.8. The number of aliphatic hydroxyl groups is 1. The van der Waals surface area contributed by atoms with Crippen LogP contribution in [0.1, 0.15) is 17.2 Å². The Kier molecular flexibility index (Phi) is 20.3. The number of aliphatic hydroxyl groups excluding tert-OH is 1. The van der Waals surface area contributed by atoms with Gasteiger partial charge in [-0.05, 0) is 23.3 Å². The van der Waals surface area contributed by atoms with Gasteiger partial charge in [0.15, 0.2) is 0 Å². The molecule has 0 aliphatic heterocycles. The van der Waals surface area contributed by atoms with Gasteiger partial charge < -0.3 is 9.84 Å². The van der Waals surface area contributed by atoms with Gasteiger partial charge in [-0.3, -0.25) is 0 Å². The van der Waals surface area contributed by atoms with Crippen molar-refractivity contribution in [3.05, 3.63) is 85.7 Å². The SMILES string of the molecule is COc1ccc([C@@H](O)c2ccccc2)cc1.[C-]#[O+].[C-]#[O+].[C-]#[O+].[Cr]. The Morgan fingerprint density at radius 1 is 0.783 bits per heavy atom. The molecule has 0 saturated heterocycles. The summed E-state index contributed by atoms with van der Waals surface area (Å²) in [4.78, 5) is 0. The maximum atomic E-state index is 10.1. The van der Waals surface area contributed by atoms with E-state index in [9.17, 15) is 5.11 Å². The number of ether oxygens (including phenoxy) is 1. The van der Waals surface area contributed by atoms with E-state index in [2.05, 4.69) is 20.0 Å². The molecule has 2 aromatic carbocycles. The average Bonchev–Trinajstić information content (AvgIpc) is 2.67. The predicted molar refractivity (Wildman–Crippen MR) is 75.3 cm³/mol. The molecule has 2 rings (SSSR count). The Morgan fingerprint density at radius 2 is 1.17 bits per heavy atom. The molecule has 2 aromatic rings. The van der Waals surface area contributed by atoms with Gasteiger partial charge in [0.05, 0.1) is 7.11 Å². The summed E-state index contributed by atoms with van der Waals surface area (Å²) in [6.07, 6.45) is -0.577. The van der Waals surface area contributed by atoms with Gasteiger partial charge in [-0.1, -0.05) is 42.5 Å². The van der Waals surface area contributed by atoms with Crippen molar-refractivity contribution in [3.8, 4) is 5.75 Å². The Hall–Kier alpha value is -2.05. The summed E-state index contributed by atoms with van der Waals surface area (Å²) in [6.45, 7) is 13.5. The molecule has 0 unspecified atom stereocenters. The molecule has 0 bridgehead atoms. The predicted octanol–water partition coefficient (Wildman–Crippen LogP) is 2.66. The van der Waals surface area contributed by atoms with Gasteiger partial charge in [-0.2, -0.15) is 0 Å². The molecular formula is C17H14CrO5. The molecule has 0 spiro atoms. The van der Waals surface area contributed by atoms with E-state index in [0.29, 0.717) is 0 Å². The van der Waals surface area contributed by atoms with E-state index in [4.69, 9.17) is 18.7 Å². The molecule has 0 fully saturated rings. The van der Waals surface area contributed by atoms with Crippen LogP contribution in [0, 0.1) is 20.0 Å². The molecule has 0 aliphatic carbocycles. The summed E-state index contributed by atoms with van der Waals surface area (Å²) in [7, 11) is 1.63. The molecule has 0 heterocycles. The van der Waals surface area contributed by atoms with E-state index in [1.807, 2.05) is 54.6 Å². The van der Waals surface area contributed by atoms with Crippen molar-refractivity contribution in [2.75, 3.05) is 7.11 Å². The van der Waals surface area contributed by atoms with Crippen LogP contribution >= 0.6 is 0 Å².